The van der Waals surface area contributed by atoms with Crippen molar-refractivity contribution in [3.63, 3.8) is 0 Å². The van der Waals surface area contributed by atoms with Gasteiger partial charge in [-0.2, -0.15) is 5.10 Å². The maximum absolute atomic E-state index is 12.4. The molecule has 136 valence electrons. The third-order valence-corrected chi connectivity index (χ3v) is 4.32. The molecule has 11 heteroatoms. The minimum Gasteiger partial charge on any atom is -0.348 e. The number of hydrogen-bond donors (Lipinski definition) is 3. The number of nitrogens with zero attached hydrogens (tertiary/aromatic N) is 5. The summed E-state index contributed by atoms with van der Waals surface area (Å²) in [5, 5.41) is 15.9. The largest absolute Gasteiger partial charge is 0.348 e. The molecule has 2 aromatic heterocycles. The van der Waals surface area contributed by atoms with Crippen LogP contribution in [0.2, 0.25) is 0 Å². The van der Waals surface area contributed by atoms with Gasteiger partial charge in [0.25, 0.3) is 5.91 Å². The van der Waals surface area contributed by atoms with Crippen molar-refractivity contribution in [1.82, 2.24) is 40.9 Å². The number of nitrogens with one attached hydrogen (secondary N) is 3. The molecule has 1 atom stereocenters. The lowest BCUT2D eigenvalue weighted by Crippen LogP contribution is -2.63. The summed E-state index contributed by atoms with van der Waals surface area (Å²) in [5.74, 6) is -0.539. The number of carbonyl (C=O) groups is 3. The average molecular weight is 358 g/mol. The lowest BCUT2D eigenvalue weighted by Gasteiger charge is -2.31. The van der Waals surface area contributed by atoms with Gasteiger partial charge >= 0.3 is 0 Å². The first-order chi connectivity index (χ1) is 12.6. The van der Waals surface area contributed by atoms with Crippen molar-refractivity contribution in [3.8, 4) is 5.82 Å². The standard InChI is InChI=1S/C15H18N8O3/c1-16-15(10-2-3-10,14(26)20-9-24)8-19-13(25)11-6-21-23(22-11)12-7-17-4-5-18-12/h4-7,9-10,16H,2-3,8H2,1H3,(H,19,25)(H,20,24,26). The molecule has 1 aliphatic rings. The number of rotatable bonds is 8. The zero-order valence-corrected chi connectivity index (χ0v) is 14.0. The van der Waals surface area contributed by atoms with Gasteiger partial charge in [0.1, 0.15) is 5.54 Å². The van der Waals surface area contributed by atoms with Crippen molar-refractivity contribution >= 4 is 18.2 Å². The second kappa shape index (κ2) is 7.35. The number of likely N-dealkylation sites (N-methyl/N-ethyl adjacent to an activating group) is 1. The van der Waals surface area contributed by atoms with E-state index < -0.39 is 17.4 Å². The van der Waals surface area contributed by atoms with E-state index in [0.29, 0.717) is 12.2 Å². The molecule has 0 aromatic carbocycles. The predicted molar refractivity (Wildman–Crippen MR) is 88.0 cm³/mol. The van der Waals surface area contributed by atoms with Crippen LogP contribution in [0.15, 0.2) is 24.8 Å². The van der Waals surface area contributed by atoms with Crippen LogP contribution in [0.4, 0.5) is 0 Å². The maximum Gasteiger partial charge on any atom is 0.273 e. The molecule has 0 saturated heterocycles. The summed E-state index contributed by atoms with van der Waals surface area (Å²) in [6.07, 6.45) is 7.78. The molecule has 3 amide bonds. The normalized spacial score (nSPS) is 15.7. The molecule has 1 saturated carbocycles. The van der Waals surface area contributed by atoms with Gasteiger partial charge in [0.05, 0.1) is 12.4 Å². The van der Waals surface area contributed by atoms with Crippen LogP contribution < -0.4 is 16.0 Å². The first kappa shape index (κ1) is 17.6. The third-order valence-electron chi connectivity index (χ3n) is 4.32. The Balaban J connectivity index is 1.70. The second-order valence-electron chi connectivity index (χ2n) is 5.85. The van der Waals surface area contributed by atoms with Crippen molar-refractivity contribution in [2.45, 2.75) is 18.4 Å². The Labute approximate surface area is 148 Å². The number of amides is 3. The molecule has 3 rings (SSSR count). The van der Waals surface area contributed by atoms with Crippen molar-refractivity contribution < 1.29 is 14.4 Å². The Morgan fingerprint density at radius 3 is 2.77 bits per heavy atom. The minimum absolute atomic E-state index is 0.0185. The van der Waals surface area contributed by atoms with Gasteiger partial charge in [-0.25, -0.2) is 4.98 Å². The van der Waals surface area contributed by atoms with Crippen molar-refractivity contribution in [1.29, 1.82) is 0 Å². The lowest BCUT2D eigenvalue weighted by atomic mass is 9.92. The van der Waals surface area contributed by atoms with E-state index in [1.54, 1.807) is 7.05 Å². The zero-order chi connectivity index (χ0) is 18.6. The van der Waals surface area contributed by atoms with Crippen LogP contribution in [0.5, 0.6) is 0 Å². The molecule has 3 N–H and O–H groups in total. The Kier molecular flexibility index (Phi) is 4.98. The smallest absolute Gasteiger partial charge is 0.273 e. The summed E-state index contributed by atoms with van der Waals surface area (Å²) in [6.45, 7) is 0.0185. The zero-order valence-electron chi connectivity index (χ0n) is 14.0. The first-order valence-corrected chi connectivity index (χ1v) is 8.01. The predicted octanol–water partition coefficient (Wildman–Crippen LogP) is -1.57. The fourth-order valence-corrected chi connectivity index (χ4v) is 2.76. The van der Waals surface area contributed by atoms with Crippen molar-refractivity contribution in [2.75, 3.05) is 13.6 Å². The van der Waals surface area contributed by atoms with Gasteiger partial charge in [0, 0.05) is 18.9 Å². The summed E-state index contributed by atoms with van der Waals surface area (Å²) in [7, 11) is 1.62. The van der Waals surface area contributed by atoms with E-state index in [1.165, 1.54) is 29.6 Å². The topological polar surface area (TPSA) is 144 Å². The van der Waals surface area contributed by atoms with Gasteiger partial charge in [-0.3, -0.25) is 24.7 Å². The van der Waals surface area contributed by atoms with Gasteiger partial charge in [0.15, 0.2) is 11.5 Å². The molecule has 1 unspecified atom stereocenters. The fraction of sp³-hybridized carbons (Fsp3) is 0.400. The first-order valence-electron chi connectivity index (χ1n) is 8.01. The second-order valence-corrected chi connectivity index (χ2v) is 5.85. The van der Waals surface area contributed by atoms with Crippen LogP contribution in [0, 0.1) is 5.92 Å². The summed E-state index contributed by atoms with van der Waals surface area (Å²) in [5.41, 5.74) is -0.968. The molecule has 26 heavy (non-hydrogen) atoms. The molecule has 0 bridgehead atoms. The fourth-order valence-electron chi connectivity index (χ4n) is 2.76. The van der Waals surface area contributed by atoms with E-state index in [4.69, 9.17) is 0 Å². The Hall–Kier alpha value is -3.21. The van der Waals surface area contributed by atoms with Crippen LogP contribution in [0.25, 0.3) is 5.82 Å². The molecule has 0 aliphatic heterocycles. The van der Waals surface area contributed by atoms with Gasteiger partial charge in [-0.05, 0) is 25.8 Å². The molecular weight excluding hydrogens is 340 g/mol. The van der Waals surface area contributed by atoms with E-state index >= 15 is 0 Å². The molecule has 11 nitrogen and oxygen atoms in total. The Bertz CT molecular complexity index is 804. The molecule has 0 radical (unpaired) electrons. The number of hydrogen-bond acceptors (Lipinski definition) is 8. The van der Waals surface area contributed by atoms with Gasteiger partial charge < -0.3 is 10.6 Å². The average Bonchev–Trinajstić information content (AvgIpc) is 3.40. The molecule has 1 aliphatic carbocycles. The van der Waals surface area contributed by atoms with E-state index in [9.17, 15) is 14.4 Å². The summed E-state index contributed by atoms with van der Waals surface area (Å²) < 4.78 is 0. The minimum atomic E-state index is -1.04. The Morgan fingerprint density at radius 2 is 2.15 bits per heavy atom. The van der Waals surface area contributed by atoms with E-state index in [2.05, 4.69) is 36.1 Å². The van der Waals surface area contributed by atoms with Crippen molar-refractivity contribution in [3.05, 3.63) is 30.5 Å². The van der Waals surface area contributed by atoms with Gasteiger partial charge in [-0.1, -0.05) is 0 Å². The van der Waals surface area contributed by atoms with Gasteiger partial charge in [-0.15, -0.1) is 9.90 Å². The van der Waals surface area contributed by atoms with E-state index in [0.717, 1.165) is 12.8 Å². The van der Waals surface area contributed by atoms with Crippen LogP contribution in [0.1, 0.15) is 23.3 Å². The third kappa shape index (κ3) is 3.42. The van der Waals surface area contributed by atoms with E-state index in [-0.39, 0.29) is 18.2 Å². The van der Waals surface area contributed by atoms with Crippen LogP contribution in [-0.2, 0) is 9.59 Å². The quantitative estimate of drug-likeness (QED) is 0.480. The highest BCUT2D eigenvalue weighted by Crippen LogP contribution is 2.39. The summed E-state index contributed by atoms with van der Waals surface area (Å²) >= 11 is 0. The SMILES string of the molecule is CNC(CNC(=O)c1cnn(-c2cnccn2)n1)(C(=O)NC=O)C1CC1. The molecule has 1 fully saturated rings. The monoisotopic (exact) mass is 358 g/mol. The lowest BCUT2D eigenvalue weighted by molar-refractivity contribution is -0.131. The molecule has 0 spiro atoms. The summed E-state index contributed by atoms with van der Waals surface area (Å²) in [4.78, 5) is 44.5. The van der Waals surface area contributed by atoms with Gasteiger partial charge in [0.2, 0.25) is 12.3 Å². The van der Waals surface area contributed by atoms with Crippen molar-refractivity contribution in [2.24, 2.45) is 5.92 Å². The molecular formula is C15H18N8O3. The highest BCUT2D eigenvalue weighted by molar-refractivity contribution is 5.96. The highest BCUT2D eigenvalue weighted by atomic mass is 16.2. The number of aromatic nitrogens is 5. The highest BCUT2D eigenvalue weighted by Gasteiger charge is 2.50. The molecule has 2 heterocycles. The molecule has 2 aromatic rings. The van der Waals surface area contributed by atoms with Crippen LogP contribution in [-0.4, -0.2) is 62.3 Å². The van der Waals surface area contributed by atoms with Crippen LogP contribution >= 0.6 is 0 Å². The maximum atomic E-state index is 12.4. The Morgan fingerprint density at radius 1 is 1.35 bits per heavy atom. The van der Waals surface area contributed by atoms with Crippen LogP contribution in [0.3, 0.4) is 0 Å². The number of carbonyl (C=O) groups excluding carboxylic acids is 3. The number of imide groups is 1. The van der Waals surface area contributed by atoms with E-state index in [1.807, 2.05) is 0 Å². The summed E-state index contributed by atoms with van der Waals surface area (Å²) in [6, 6.07) is 0.